The molecule has 0 bridgehead atoms. The molecule has 2 heterocycles. The molecule has 0 saturated heterocycles. The van der Waals surface area contributed by atoms with Gasteiger partial charge in [-0.15, -0.1) is 0 Å². The van der Waals surface area contributed by atoms with Crippen LogP contribution in [-0.4, -0.2) is 46.8 Å². The van der Waals surface area contributed by atoms with E-state index < -0.39 is 0 Å². The van der Waals surface area contributed by atoms with Gasteiger partial charge >= 0.3 is 0 Å². The van der Waals surface area contributed by atoms with E-state index in [0.717, 1.165) is 38.2 Å². The predicted molar refractivity (Wildman–Crippen MR) is 84.9 cm³/mol. The SMILES string of the molecule is CN(C)CC[C@H]1CN(Cc2ccc(F)cc2)Cc2ccnn21. The minimum absolute atomic E-state index is 0.177. The van der Waals surface area contributed by atoms with Crippen LogP contribution in [0.4, 0.5) is 4.39 Å². The lowest BCUT2D eigenvalue weighted by Gasteiger charge is -2.34. The summed E-state index contributed by atoms with van der Waals surface area (Å²) in [5, 5.41) is 4.49. The molecule has 0 N–H and O–H groups in total. The Bertz CT molecular complexity index is 605. The molecule has 3 rings (SSSR count). The van der Waals surface area contributed by atoms with E-state index in [4.69, 9.17) is 0 Å². The van der Waals surface area contributed by atoms with Crippen molar-refractivity contribution in [1.82, 2.24) is 19.6 Å². The predicted octanol–water partition coefficient (Wildman–Crippen LogP) is 2.53. The number of nitrogens with zero attached hydrogens (tertiary/aromatic N) is 4. The lowest BCUT2D eigenvalue weighted by Crippen LogP contribution is -2.38. The fraction of sp³-hybridized carbons (Fsp3) is 0.471. The normalized spacial score (nSPS) is 18.6. The lowest BCUT2D eigenvalue weighted by atomic mass is 10.1. The molecule has 1 aliphatic rings. The molecule has 1 atom stereocenters. The highest BCUT2D eigenvalue weighted by molar-refractivity contribution is 5.16. The topological polar surface area (TPSA) is 24.3 Å². The third-order valence-electron chi connectivity index (χ3n) is 4.18. The van der Waals surface area contributed by atoms with E-state index in [2.05, 4.69) is 39.7 Å². The van der Waals surface area contributed by atoms with Gasteiger partial charge < -0.3 is 4.90 Å². The summed E-state index contributed by atoms with van der Waals surface area (Å²) in [6.07, 6.45) is 2.97. The van der Waals surface area contributed by atoms with Crippen LogP contribution < -0.4 is 0 Å². The largest absolute Gasteiger partial charge is 0.309 e. The first kappa shape index (κ1) is 15.2. The van der Waals surface area contributed by atoms with Crippen LogP contribution in [0.1, 0.15) is 23.7 Å². The molecular formula is C17H23FN4. The Morgan fingerprint density at radius 2 is 2.00 bits per heavy atom. The van der Waals surface area contributed by atoms with Gasteiger partial charge in [0.2, 0.25) is 0 Å². The smallest absolute Gasteiger partial charge is 0.123 e. The molecule has 0 fully saturated rings. The maximum Gasteiger partial charge on any atom is 0.123 e. The van der Waals surface area contributed by atoms with Gasteiger partial charge in [-0.3, -0.25) is 9.58 Å². The molecule has 0 unspecified atom stereocenters. The summed E-state index contributed by atoms with van der Waals surface area (Å²) in [6, 6.07) is 9.31. The number of fused-ring (bicyclic) bond motifs is 1. The summed E-state index contributed by atoms with van der Waals surface area (Å²) in [5.74, 6) is -0.177. The van der Waals surface area contributed by atoms with E-state index >= 15 is 0 Å². The fourth-order valence-electron chi connectivity index (χ4n) is 3.05. The number of aromatic nitrogens is 2. The lowest BCUT2D eigenvalue weighted by molar-refractivity contribution is 0.155. The minimum Gasteiger partial charge on any atom is -0.309 e. The van der Waals surface area contributed by atoms with E-state index in [9.17, 15) is 4.39 Å². The van der Waals surface area contributed by atoms with Crippen LogP contribution in [0, 0.1) is 5.82 Å². The van der Waals surface area contributed by atoms with E-state index in [0.29, 0.717) is 6.04 Å². The molecule has 22 heavy (non-hydrogen) atoms. The third-order valence-corrected chi connectivity index (χ3v) is 4.18. The molecular weight excluding hydrogens is 279 g/mol. The van der Waals surface area contributed by atoms with Crippen LogP contribution in [0.2, 0.25) is 0 Å². The van der Waals surface area contributed by atoms with Crippen molar-refractivity contribution >= 4 is 0 Å². The molecule has 0 saturated carbocycles. The van der Waals surface area contributed by atoms with E-state index in [1.807, 2.05) is 18.3 Å². The molecule has 0 radical (unpaired) electrons. The molecule has 1 aromatic carbocycles. The van der Waals surface area contributed by atoms with E-state index in [-0.39, 0.29) is 5.82 Å². The van der Waals surface area contributed by atoms with Crippen molar-refractivity contribution in [3.63, 3.8) is 0 Å². The number of rotatable bonds is 5. The number of halogens is 1. The molecule has 118 valence electrons. The van der Waals surface area contributed by atoms with Crippen molar-refractivity contribution in [2.24, 2.45) is 0 Å². The zero-order valence-electron chi connectivity index (χ0n) is 13.2. The molecule has 0 aliphatic carbocycles. The Hall–Kier alpha value is -1.72. The minimum atomic E-state index is -0.177. The Labute approximate surface area is 131 Å². The molecule has 2 aromatic rings. The summed E-state index contributed by atoms with van der Waals surface area (Å²) < 4.78 is 15.2. The molecule has 1 aromatic heterocycles. The van der Waals surface area contributed by atoms with Gasteiger partial charge in [-0.25, -0.2) is 4.39 Å². The van der Waals surface area contributed by atoms with Gasteiger partial charge in [0.05, 0.1) is 11.7 Å². The first-order valence-corrected chi connectivity index (χ1v) is 7.76. The number of benzene rings is 1. The fourth-order valence-corrected chi connectivity index (χ4v) is 3.05. The van der Waals surface area contributed by atoms with Crippen LogP contribution in [-0.2, 0) is 13.1 Å². The van der Waals surface area contributed by atoms with Gasteiger partial charge in [-0.05, 0) is 50.8 Å². The Morgan fingerprint density at radius 1 is 1.23 bits per heavy atom. The summed E-state index contributed by atoms with van der Waals surface area (Å²) in [6.45, 7) is 3.79. The molecule has 4 nitrogen and oxygen atoms in total. The Kier molecular flexibility index (Phi) is 4.55. The summed E-state index contributed by atoms with van der Waals surface area (Å²) >= 11 is 0. The average Bonchev–Trinajstić information content (AvgIpc) is 2.95. The second kappa shape index (κ2) is 6.58. The quantitative estimate of drug-likeness (QED) is 0.848. The molecule has 0 spiro atoms. The maximum atomic E-state index is 13.0. The van der Waals surface area contributed by atoms with Crippen LogP contribution in [0.15, 0.2) is 36.5 Å². The van der Waals surface area contributed by atoms with Crippen molar-refractivity contribution in [2.45, 2.75) is 25.6 Å². The van der Waals surface area contributed by atoms with Crippen LogP contribution in [0.5, 0.6) is 0 Å². The van der Waals surface area contributed by atoms with Crippen LogP contribution in [0.25, 0.3) is 0 Å². The summed E-state index contributed by atoms with van der Waals surface area (Å²) in [5.41, 5.74) is 2.41. The Morgan fingerprint density at radius 3 is 2.73 bits per heavy atom. The second-order valence-electron chi connectivity index (χ2n) is 6.31. The van der Waals surface area contributed by atoms with Crippen molar-refractivity contribution < 1.29 is 4.39 Å². The van der Waals surface area contributed by atoms with Crippen molar-refractivity contribution in [2.75, 3.05) is 27.2 Å². The van der Waals surface area contributed by atoms with Gasteiger partial charge in [0, 0.05) is 25.8 Å². The highest BCUT2D eigenvalue weighted by Gasteiger charge is 2.25. The molecule has 5 heteroatoms. The van der Waals surface area contributed by atoms with Gasteiger partial charge in [-0.1, -0.05) is 12.1 Å². The monoisotopic (exact) mass is 302 g/mol. The van der Waals surface area contributed by atoms with Gasteiger partial charge in [0.15, 0.2) is 0 Å². The maximum absolute atomic E-state index is 13.0. The van der Waals surface area contributed by atoms with Crippen LogP contribution >= 0.6 is 0 Å². The Balaban J connectivity index is 1.70. The first-order chi connectivity index (χ1) is 10.6. The zero-order chi connectivity index (χ0) is 15.5. The standard InChI is InChI=1S/C17H23FN4/c1-20(2)10-8-17-13-21(12-16-7-9-19-22(16)17)11-14-3-5-15(18)6-4-14/h3-7,9,17H,8,10-13H2,1-2H3/t17-/m0/s1. The van der Waals surface area contributed by atoms with E-state index in [1.54, 1.807) is 0 Å². The highest BCUT2D eigenvalue weighted by atomic mass is 19.1. The summed E-state index contributed by atoms with van der Waals surface area (Å²) in [7, 11) is 4.20. The van der Waals surface area contributed by atoms with Crippen molar-refractivity contribution in [3.8, 4) is 0 Å². The summed E-state index contributed by atoms with van der Waals surface area (Å²) in [4.78, 5) is 4.63. The van der Waals surface area contributed by atoms with Gasteiger partial charge in [-0.2, -0.15) is 5.10 Å². The zero-order valence-corrected chi connectivity index (χ0v) is 13.2. The highest BCUT2D eigenvalue weighted by Crippen LogP contribution is 2.24. The molecule has 0 amide bonds. The van der Waals surface area contributed by atoms with Gasteiger partial charge in [0.25, 0.3) is 0 Å². The number of hydrogen-bond donors (Lipinski definition) is 0. The second-order valence-corrected chi connectivity index (χ2v) is 6.31. The van der Waals surface area contributed by atoms with Gasteiger partial charge in [0.1, 0.15) is 5.82 Å². The van der Waals surface area contributed by atoms with Crippen LogP contribution in [0.3, 0.4) is 0 Å². The first-order valence-electron chi connectivity index (χ1n) is 7.76. The average molecular weight is 302 g/mol. The van der Waals surface area contributed by atoms with Crippen molar-refractivity contribution in [3.05, 3.63) is 53.6 Å². The third kappa shape index (κ3) is 3.54. The molecule has 1 aliphatic heterocycles. The number of hydrogen-bond acceptors (Lipinski definition) is 3. The van der Waals surface area contributed by atoms with Crippen molar-refractivity contribution in [1.29, 1.82) is 0 Å². The van der Waals surface area contributed by atoms with E-state index in [1.165, 1.54) is 17.8 Å².